The fourth-order valence-corrected chi connectivity index (χ4v) is 2.52. The van der Waals surface area contributed by atoms with Crippen molar-refractivity contribution >= 4 is 5.97 Å². The number of esters is 1. The molecule has 0 amide bonds. The molecule has 1 aromatic carbocycles. The molecule has 0 aliphatic rings. The average molecular weight is 333 g/mol. The van der Waals surface area contributed by atoms with Crippen LogP contribution in [0.1, 0.15) is 22.0 Å². The molecule has 126 valence electrons. The number of nitro groups is 2. The Morgan fingerprint density at radius 1 is 1.12 bits per heavy atom. The van der Waals surface area contributed by atoms with Crippen molar-refractivity contribution in [1.82, 2.24) is 4.57 Å². The van der Waals surface area contributed by atoms with Crippen molar-refractivity contribution in [3.05, 3.63) is 74.1 Å². The molecule has 0 unspecified atom stereocenters. The minimum atomic E-state index is -0.921. The van der Waals surface area contributed by atoms with Crippen molar-refractivity contribution in [1.29, 1.82) is 0 Å². The van der Waals surface area contributed by atoms with E-state index < -0.39 is 34.8 Å². The molecule has 24 heavy (non-hydrogen) atoms. The zero-order valence-electron chi connectivity index (χ0n) is 12.8. The number of aromatic nitrogens is 1. The first kappa shape index (κ1) is 17.1. The molecule has 0 fully saturated rings. The summed E-state index contributed by atoms with van der Waals surface area (Å²) in [5.41, 5.74) is 1.10. The Hall–Kier alpha value is -3.23. The number of hydrogen-bond donors (Lipinski definition) is 0. The van der Waals surface area contributed by atoms with Crippen LogP contribution in [0.25, 0.3) is 5.69 Å². The number of rotatable bonds is 7. The van der Waals surface area contributed by atoms with Crippen molar-refractivity contribution < 1.29 is 19.4 Å². The van der Waals surface area contributed by atoms with Gasteiger partial charge in [-0.1, -0.05) is 12.1 Å². The van der Waals surface area contributed by atoms with Gasteiger partial charge in [-0.15, -0.1) is 0 Å². The first-order valence-corrected chi connectivity index (χ1v) is 7.02. The van der Waals surface area contributed by atoms with E-state index in [0.717, 1.165) is 0 Å². The SMILES string of the molecule is COC(=O)c1ccccc1-n1cccc1C(C[N+](=O)[O-])C[N+](=O)[O-]. The first-order chi connectivity index (χ1) is 11.4. The molecule has 1 heterocycles. The van der Waals surface area contributed by atoms with Gasteiger partial charge in [0.2, 0.25) is 13.1 Å². The molecule has 0 bridgehead atoms. The maximum atomic E-state index is 11.9. The molecular formula is C15H15N3O6. The summed E-state index contributed by atoms with van der Waals surface area (Å²) in [6.07, 6.45) is 1.60. The number of hydrogen-bond acceptors (Lipinski definition) is 6. The Balaban J connectivity index is 2.51. The molecular weight excluding hydrogens is 318 g/mol. The number of benzene rings is 1. The predicted octanol–water partition coefficient (Wildman–Crippen LogP) is 1.90. The summed E-state index contributed by atoms with van der Waals surface area (Å²) in [6.45, 7) is -1.16. The Morgan fingerprint density at radius 2 is 1.75 bits per heavy atom. The molecule has 0 radical (unpaired) electrons. The largest absolute Gasteiger partial charge is 0.465 e. The van der Waals surface area contributed by atoms with Crippen LogP contribution in [0.3, 0.4) is 0 Å². The number of para-hydroxylation sites is 1. The van der Waals surface area contributed by atoms with Gasteiger partial charge in [0.25, 0.3) is 0 Å². The van der Waals surface area contributed by atoms with E-state index in [0.29, 0.717) is 11.4 Å². The van der Waals surface area contributed by atoms with E-state index in [1.807, 2.05) is 0 Å². The highest BCUT2D eigenvalue weighted by atomic mass is 16.6. The van der Waals surface area contributed by atoms with E-state index in [4.69, 9.17) is 4.74 Å². The zero-order chi connectivity index (χ0) is 17.7. The molecule has 2 rings (SSSR count). The third-order valence-corrected chi connectivity index (χ3v) is 3.51. The molecule has 0 aliphatic carbocycles. The van der Waals surface area contributed by atoms with Crippen molar-refractivity contribution in [3.8, 4) is 5.69 Å². The second-order valence-electron chi connectivity index (χ2n) is 5.04. The molecule has 1 aromatic heterocycles. The number of nitrogens with zero attached hydrogens (tertiary/aromatic N) is 3. The maximum absolute atomic E-state index is 11.9. The van der Waals surface area contributed by atoms with Crippen molar-refractivity contribution in [2.75, 3.05) is 20.2 Å². The van der Waals surface area contributed by atoms with Gasteiger partial charge in [0.1, 0.15) is 5.92 Å². The summed E-state index contributed by atoms with van der Waals surface area (Å²) in [5, 5.41) is 21.7. The summed E-state index contributed by atoms with van der Waals surface area (Å²) in [5.74, 6) is -1.49. The fraction of sp³-hybridized carbons (Fsp3) is 0.267. The third-order valence-electron chi connectivity index (χ3n) is 3.51. The minimum Gasteiger partial charge on any atom is -0.465 e. The van der Waals surface area contributed by atoms with Crippen LogP contribution >= 0.6 is 0 Å². The first-order valence-electron chi connectivity index (χ1n) is 7.02. The molecule has 9 nitrogen and oxygen atoms in total. The molecule has 9 heteroatoms. The lowest BCUT2D eigenvalue weighted by Gasteiger charge is -2.16. The van der Waals surface area contributed by atoms with E-state index >= 15 is 0 Å². The third kappa shape index (κ3) is 3.75. The number of ether oxygens (including phenoxy) is 1. The van der Waals surface area contributed by atoms with Crippen molar-refractivity contribution in [3.63, 3.8) is 0 Å². The van der Waals surface area contributed by atoms with E-state index in [1.54, 1.807) is 47.2 Å². The number of carbonyl (C=O) groups is 1. The Kier molecular flexibility index (Phi) is 5.25. The Morgan fingerprint density at radius 3 is 2.33 bits per heavy atom. The van der Waals surface area contributed by atoms with Crippen LogP contribution in [0, 0.1) is 20.2 Å². The maximum Gasteiger partial charge on any atom is 0.339 e. The van der Waals surface area contributed by atoms with E-state index in [1.165, 1.54) is 7.11 Å². The van der Waals surface area contributed by atoms with Gasteiger partial charge in [-0.05, 0) is 24.3 Å². The fourth-order valence-electron chi connectivity index (χ4n) is 2.52. The van der Waals surface area contributed by atoms with Gasteiger partial charge < -0.3 is 9.30 Å². The molecule has 0 spiro atoms. The number of carbonyl (C=O) groups excluding carboxylic acids is 1. The van der Waals surface area contributed by atoms with Gasteiger partial charge in [-0.3, -0.25) is 20.2 Å². The van der Waals surface area contributed by atoms with Crippen molar-refractivity contribution in [2.45, 2.75) is 5.92 Å². The summed E-state index contributed by atoms with van der Waals surface area (Å²) in [6, 6.07) is 9.75. The Labute approximate surface area is 136 Å². The predicted molar refractivity (Wildman–Crippen MR) is 83.6 cm³/mol. The van der Waals surface area contributed by atoms with Gasteiger partial charge in [0.15, 0.2) is 0 Å². The molecule has 2 aromatic rings. The van der Waals surface area contributed by atoms with E-state index in [2.05, 4.69) is 0 Å². The highest BCUT2D eigenvalue weighted by Gasteiger charge is 2.27. The van der Waals surface area contributed by atoms with Crippen molar-refractivity contribution in [2.24, 2.45) is 0 Å². The van der Waals surface area contributed by atoms with E-state index in [9.17, 15) is 25.0 Å². The smallest absolute Gasteiger partial charge is 0.339 e. The lowest BCUT2D eigenvalue weighted by Crippen LogP contribution is -2.23. The zero-order valence-corrected chi connectivity index (χ0v) is 12.8. The summed E-state index contributed by atoms with van der Waals surface area (Å²) in [7, 11) is 1.25. The van der Waals surface area contributed by atoms with Crippen LogP contribution in [0.4, 0.5) is 0 Å². The van der Waals surface area contributed by atoms with Crippen LogP contribution < -0.4 is 0 Å². The Bertz CT molecular complexity index is 754. The monoisotopic (exact) mass is 333 g/mol. The van der Waals surface area contributed by atoms with Crippen LogP contribution in [0.2, 0.25) is 0 Å². The molecule has 0 aliphatic heterocycles. The van der Waals surface area contributed by atoms with Gasteiger partial charge in [-0.2, -0.15) is 0 Å². The van der Waals surface area contributed by atoms with Crippen LogP contribution in [-0.2, 0) is 4.74 Å². The van der Waals surface area contributed by atoms with E-state index in [-0.39, 0.29) is 5.56 Å². The van der Waals surface area contributed by atoms with Crippen LogP contribution in [0.15, 0.2) is 42.6 Å². The lowest BCUT2D eigenvalue weighted by atomic mass is 10.1. The molecule has 0 saturated heterocycles. The lowest BCUT2D eigenvalue weighted by molar-refractivity contribution is -0.516. The summed E-state index contributed by atoms with van der Waals surface area (Å²) < 4.78 is 6.28. The van der Waals surface area contributed by atoms with Gasteiger partial charge in [-0.25, -0.2) is 4.79 Å². The van der Waals surface area contributed by atoms with Gasteiger partial charge >= 0.3 is 5.97 Å². The average Bonchev–Trinajstić information content (AvgIpc) is 3.02. The second-order valence-corrected chi connectivity index (χ2v) is 5.04. The highest BCUT2D eigenvalue weighted by Crippen LogP contribution is 2.24. The quantitative estimate of drug-likeness (QED) is 0.434. The minimum absolute atomic E-state index is 0.262. The normalized spacial score (nSPS) is 10.6. The summed E-state index contributed by atoms with van der Waals surface area (Å²) >= 11 is 0. The van der Waals surface area contributed by atoms with Gasteiger partial charge in [0.05, 0.1) is 18.4 Å². The number of methoxy groups -OCH3 is 1. The highest BCUT2D eigenvalue weighted by molar-refractivity contribution is 5.93. The molecule has 0 N–H and O–H groups in total. The topological polar surface area (TPSA) is 118 Å². The summed E-state index contributed by atoms with van der Waals surface area (Å²) in [4.78, 5) is 32.5. The van der Waals surface area contributed by atoms with Crippen LogP contribution in [0.5, 0.6) is 0 Å². The van der Waals surface area contributed by atoms with Crippen LogP contribution in [-0.4, -0.2) is 40.6 Å². The molecule has 0 atom stereocenters. The standard InChI is InChI=1S/C15H15N3O6/c1-24-15(19)12-5-2-3-6-14(12)16-8-4-7-13(16)11(9-17(20)21)10-18(22)23/h2-8,11H,9-10H2,1H3. The van der Waals surface area contributed by atoms with Gasteiger partial charge in [0, 0.05) is 21.7 Å². The second kappa shape index (κ2) is 7.36. The molecule has 0 saturated carbocycles.